The van der Waals surface area contributed by atoms with Crippen molar-refractivity contribution in [1.82, 2.24) is 10.2 Å². The topological polar surface area (TPSA) is 52.6 Å². The van der Waals surface area contributed by atoms with Gasteiger partial charge in [0.15, 0.2) is 5.60 Å². The minimum Gasteiger partial charge on any atom is -0.379 e. The Labute approximate surface area is 153 Å². The molecule has 1 fully saturated rings. The zero-order valence-corrected chi connectivity index (χ0v) is 15.3. The Balaban J connectivity index is 1.47. The van der Waals surface area contributed by atoms with Crippen LogP contribution in [0.4, 0.5) is 0 Å². The summed E-state index contributed by atoms with van der Waals surface area (Å²) in [7, 11) is 0. The molecule has 1 aliphatic heterocycles. The average Bonchev–Trinajstić information content (AvgIpc) is 3.13. The maximum Gasteiger partial charge on any atom is 0.255 e. The molecule has 0 radical (unpaired) electrons. The lowest BCUT2D eigenvalue weighted by atomic mass is 9.91. The van der Waals surface area contributed by atoms with E-state index in [0.29, 0.717) is 26.1 Å². The average molecular weight is 359 g/mol. The second-order valence-electron chi connectivity index (χ2n) is 6.70. The Morgan fingerprint density at radius 3 is 2.80 bits per heavy atom. The molecule has 0 bridgehead atoms. The van der Waals surface area contributed by atoms with Gasteiger partial charge >= 0.3 is 0 Å². The van der Waals surface area contributed by atoms with Gasteiger partial charge in [-0.25, -0.2) is 0 Å². The lowest BCUT2D eigenvalue weighted by Gasteiger charge is -2.38. The Morgan fingerprint density at radius 1 is 1.20 bits per heavy atom. The Morgan fingerprint density at radius 2 is 2.04 bits per heavy atom. The molecule has 1 aromatic heterocycles. The van der Waals surface area contributed by atoms with Crippen LogP contribution in [0.3, 0.4) is 0 Å². The smallest absolute Gasteiger partial charge is 0.255 e. The Kier molecular flexibility index (Phi) is 6.24. The third kappa shape index (κ3) is 4.91. The van der Waals surface area contributed by atoms with Gasteiger partial charge in [-0.3, -0.25) is 4.79 Å². The molecule has 1 amide bonds. The van der Waals surface area contributed by atoms with Crippen LogP contribution in [0.5, 0.6) is 0 Å². The largest absolute Gasteiger partial charge is 0.379 e. The van der Waals surface area contributed by atoms with Crippen molar-refractivity contribution < 1.29 is 9.90 Å². The van der Waals surface area contributed by atoms with Crippen LogP contribution in [0.1, 0.15) is 29.7 Å². The molecule has 2 N–H and O–H groups in total. The van der Waals surface area contributed by atoms with Crippen LogP contribution in [0, 0.1) is 0 Å². The zero-order chi connectivity index (χ0) is 17.5. The van der Waals surface area contributed by atoms with Gasteiger partial charge in [0, 0.05) is 31.1 Å². The van der Waals surface area contributed by atoms with E-state index >= 15 is 0 Å². The van der Waals surface area contributed by atoms with Crippen molar-refractivity contribution in [2.75, 3.05) is 19.6 Å². The predicted molar refractivity (Wildman–Crippen MR) is 102 cm³/mol. The van der Waals surface area contributed by atoms with Crippen LogP contribution in [0.25, 0.3) is 0 Å². The minimum atomic E-state index is -1.26. The van der Waals surface area contributed by atoms with Gasteiger partial charge in [-0.2, -0.15) is 0 Å². The van der Waals surface area contributed by atoms with E-state index in [2.05, 4.69) is 23.5 Å². The van der Waals surface area contributed by atoms with Crippen LogP contribution in [-0.4, -0.2) is 41.1 Å². The Hall–Kier alpha value is -1.69. The van der Waals surface area contributed by atoms with Crippen LogP contribution in [0.15, 0.2) is 47.8 Å². The fourth-order valence-electron chi connectivity index (χ4n) is 3.37. The van der Waals surface area contributed by atoms with Gasteiger partial charge in [-0.05, 0) is 42.7 Å². The quantitative estimate of drug-likeness (QED) is 0.763. The minimum absolute atomic E-state index is 0.120. The van der Waals surface area contributed by atoms with Crippen LogP contribution >= 0.6 is 11.3 Å². The first-order valence-corrected chi connectivity index (χ1v) is 9.84. The number of amides is 1. The van der Waals surface area contributed by atoms with E-state index < -0.39 is 5.60 Å². The number of benzene rings is 1. The lowest BCUT2D eigenvalue weighted by molar-refractivity contribution is -0.156. The summed E-state index contributed by atoms with van der Waals surface area (Å²) < 4.78 is 0. The SMILES string of the molecule is O=C1N(CCCc2ccccc2)CCCC1(O)CNCc1cccs1. The number of likely N-dealkylation sites (tertiary alicyclic amines) is 1. The number of carbonyl (C=O) groups is 1. The normalized spacial score (nSPS) is 20.8. The lowest BCUT2D eigenvalue weighted by Crippen LogP contribution is -2.58. The van der Waals surface area contributed by atoms with Gasteiger partial charge in [0.2, 0.25) is 0 Å². The molecule has 1 aliphatic rings. The van der Waals surface area contributed by atoms with Gasteiger partial charge < -0.3 is 15.3 Å². The molecule has 0 spiro atoms. The summed E-state index contributed by atoms with van der Waals surface area (Å²) in [6, 6.07) is 14.4. The summed E-state index contributed by atoms with van der Waals surface area (Å²) in [4.78, 5) is 15.8. The van der Waals surface area contributed by atoms with Gasteiger partial charge in [-0.15, -0.1) is 11.3 Å². The fraction of sp³-hybridized carbons (Fsp3) is 0.450. The molecule has 4 nitrogen and oxygen atoms in total. The maximum absolute atomic E-state index is 12.7. The number of nitrogens with one attached hydrogen (secondary N) is 1. The number of thiophene rings is 1. The first kappa shape index (κ1) is 18.1. The molecule has 0 saturated carbocycles. The molecule has 1 atom stereocenters. The van der Waals surface area contributed by atoms with E-state index in [-0.39, 0.29) is 5.91 Å². The number of hydrogen-bond acceptors (Lipinski definition) is 4. The molecule has 0 aliphatic carbocycles. The highest BCUT2D eigenvalue weighted by atomic mass is 32.1. The molecular weight excluding hydrogens is 332 g/mol. The van der Waals surface area contributed by atoms with Gasteiger partial charge in [-0.1, -0.05) is 36.4 Å². The number of hydrogen-bond donors (Lipinski definition) is 2. The van der Waals surface area contributed by atoms with E-state index in [0.717, 1.165) is 25.8 Å². The van der Waals surface area contributed by atoms with Crippen LogP contribution in [0.2, 0.25) is 0 Å². The van der Waals surface area contributed by atoms with E-state index in [1.807, 2.05) is 34.5 Å². The predicted octanol–water partition coefficient (Wildman–Crippen LogP) is 2.82. The summed E-state index contributed by atoms with van der Waals surface area (Å²) in [5, 5.41) is 16.1. The summed E-state index contributed by atoms with van der Waals surface area (Å²) in [6.07, 6.45) is 3.28. The standard InChI is InChI=1S/C20H26N2O2S/c23-19-20(24,16-21-15-18-10-5-14-25-18)11-6-13-22(19)12-4-9-17-7-2-1-3-8-17/h1-3,5,7-8,10,14,21,24H,4,6,9,11-13,15-16H2. The second kappa shape index (κ2) is 8.61. The van der Waals surface area contributed by atoms with Crippen molar-refractivity contribution in [3.05, 3.63) is 58.3 Å². The molecule has 2 aromatic rings. The summed E-state index contributed by atoms with van der Waals surface area (Å²) in [5.41, 5.74) is 0.0299. The van der Waals surface area contributed by atoms with Crippen LogP contribution < -0.4 is 5.32 Å². The van der Waals surface area contributed by atoms with Crippen molar-refractivity contribution in [2.45, 2.75) is 37.8 Å². The van der Waals surface area contributed by atoms with Crippen molar-refractivity contribution in [2.24, 2.45) is 0 Å². The fourth-order valence-corrected chi connectivity index (χ4v) is 4.04. The summed E-state index contributed by atoms with van der Waals surface area (Å²) in [5.74, 6) is -0.120. The maximum atomic E-state index is 12.7. The number of aliphatic hydroxyl groups is 1. The number of rotatable bonds is 8. The van der Waals surface area contributed by atoms with E-state index in [1.54, 1.807) is 11.3 Å². The number of carbonyl (C=O) groups excluding carboxylic acids is 1. The number of piperidine rings is 1. The van der Waals surface area contributed by atoms with Crippen molar-refractivity contribution in [3.8, 4) is 0 Å². The number of aryl methyl sites for hydroxylation is 1. The molecule has 1 saturated heterocycles. The molecule has 5 heteroatoms. The van der Waals surface area contributed by atoms with E-state index in [4.69, 9.17) is 0 Å². The van der Waals surface area contributed by atoms with Crippen molar-refractivity contribution >= 4 is 17.2 Å². The van der Waals surface area contributed by atoms with Crippen LogP contribution in [-0.2, 0) is 17.8 Å². The molecule has 134 valence electrons. The highest BCUT2D eigenvalue weighted by molar-refractivity contribution is 7.09. The molecule has 1 unspecified atom stereocenters. The summed E-state index contributed by atoms with van der Waals surface area (Å²) in [6.45, 7) is 2.47. The monoisotopic (exact) mass is 358 g/mol. The van der Waals surface area contributed by atoms with Gasteiger partial charge in [0.05, 0.1) is 0 Å². The third-order valence-electron chi connectivity index (χ3n) is 4.74. The van der Waals surface area contributed by atoms with Gasteiger partial charge in [0.1, 0.15) is 0 Å². The van der Waals surface area contributed by atoms with Crippen molar-refractivity contribution in [3.63, 3.8) is 0 Å². The first-order chi connectivity index (χ1) is 12.2. The van der Waals surface area contributed by atoms with E-state index in [1.165, 1.54) is 10.4 Å². The molecule has 3 rings (SSSR count). The van der Waals surface area contributed by atoms with Crippen molar-refractivity contribution in [1.29, 1.82) is 0 Å². The highest BCUT2D eigenvalue weighted by Crippen LogP contribution is 2.23. The van der Waals surface area contributed by atoms with Gasteiger partial charge in [0.25, 0.3) is 5.91 Å². The number of nitrogens with zero attached hydrogens (tertiary/aromatic N) is 1. The molecule has 1 aromatic carbocycles. The molecular formula is C20H26N2O2S. The third-order valence-corrected chi connectivity index (χ3v) is 5.61. The first-order valence-electron chi connectivity index (χ1n) is 8.96. The van der Waals surface area contributed by atoms with E-state index in [9.17, 15) is 9.90 Å². The molecule has 25 heavy (non-hydrogen) atoms. The Bertz CT molecular complexity index is 660. The molecule has 2 heterocycles. The zero-order valence-electron chi connectivity index (χ0n) is 14.5. The summed E-state index contributed by atoms with van der Waals surface area (Å²) >= 11 is 1.68. The second-order valence-corrected chi connectivity index (χ2v) is 7.73. The highest BCUT2D eigenvalue weighted by Gasteiger charge is 2.41.